The van der Waals surface area contributed by atoms with Gasteiger partial charge in [0.1, 0.15) is 5.82 Å². The van der Waals surface area contributed by atoms with Gasteiger partial charge in [-0.3, -0.25) is 4.79 Å². The molecule has 0 fully saturated rings. The van der Waals surface area contributed by atoms with Gasteiger partial charge in [-0.25, -0.2) is 14.6 Å². The van der Waals surface area contributed by atoms with Crippen LogP contribution in [0.4, 0.5) is 4.39 Å². The first-order valence-corrected chi connectivity index (χ1v) is 12.8. The first-order valence-electron chi connectivity index (χ1n) is 12.8. The Hall–Kier alpha value is -5.30. The zero-order chi connectivity index (χ0) is 27.9. The normalized spacial score (nSPS) is 10.9. The summed E-state index contributed by atoms with van der Waals surface area (Å²) in [5.41, 5.74) is 8.55. The van der Waals surface area contributed by atoms with E-state index < -0.39 is 11.7 Å². The van der Waals surface area contributed by atoms with Gasteiger partial charge in [-0.15, -0.1) is 0 Å². The van der Waals surface area contributed by atoms with Crippen LogP contribution in [0.2, 0.25) is 0 Å². The molecular formula is C33H26FN3O3. The molecule has 1 aromatic heterocycles. The van der Waals surface area contributed by atoms with Gasteiger partial charge in [0.05, 0.1) is 29.8 Å². The van der Waals surface area contributed by atoms with Gasteiger partial charge < -0.3 is 9.30 Å². The lowest BCUT2D eigenvalue weighted by molar-refractivity contribution is 0.0526. The van der Waals surface area contributed by atoms with Gasteiger partial charge in [-0.05, 0) is 72.6 Å². The SMILES string of the molecule is CCOC(=O)c1ccc(-n2c(-c3ccccc3)cc(/C=N/NC(=O)c3ccc(F)cc3)c2-c2ccccc2)cc1. The number of nitrogens with one attached hydrogen (secondary N) is 1. The van der Waals surface area contributed by atoms with Crippen molar-refractivity contribution in [1.29, 1.82) is 0 Å². The molecule has 40 heavy (non-hydrogen) atoms. The summed E-state index contributed by atoms with van der Waals surface area (Å²) in [7, 11) is 0. The number of carbonyl (C=O) groups is 2. The molecule has 0 bridgehead atoms. The van der Waals surface area contributed by atoms with Crippen LogP contribution >= 0.6 is 0 Å². The van der Waals surface area contributed by atoms with Gasteiger partial charge in [0, 0.05) is 16.8 Å². The number of aromatic nitrogens is 1. The van der Waals surface area contributed by atoms with E-state index in [1.54, 1.807) is 25.3 Å². The average Bonchev–Trinajstić information content (AvgIpc) is 3.38. The number of hydrogen-bond donors (Lipinski definition) is 1. The molecule has 6 nitrogen and oxygen atoms in total. The van der Waals surface area contributed by atoms with Crippen LogP contribution in [-0.4, -0.2) is 29.3 Å². The third-order valence-corrected chi connectivity index (χ3v) is 6.26. The standard InChI is InChI=1S/C33H26FN3O3/c1-2-40-33(39)26-15-19-29(20-16-26)37-30(23-9-5-3-6-10-23)21-27(31(37)24-11-7-4-8-12-24)22-35-36-32(38)25-13-17-28(34)18-14-25/h3-22H,2H2,1H3,(H,36,38)/b35-22+. The molecule has 0 radical (unpaired) electrons. The highest BCUT2D eigenvalue weighted by molar-refractivity contribution is 5.97. The fourth-order valence-electron chi connectivity index (χ4n) is 4.40. The third kappa shape index (κ3) is 5.73. The van der Waals surface area contributed by atoms with Crippen LogP contribution < -0.4 is 5.43 Å². The molecule has 0 aliphatic carbocycles. The van der Waals surface area contributed by atoms with E-state index in [1.807, 2.05) is 78.9 Å². The maximum absolute atomic E-state index is 13.3. The lowest BCUT2D eigenvalue weighted by Crippen LogP contribution is -2.17. The van der Waals surface area contributed by atoms with Crippen molar-refractivity contribution in [3.05, 3.63) is 138 Å². The van der Waals surface area contributed by atoms with Crippen LogP contribution in [0.1, 0.15) is 33.2 Å². The molecule has 1 amide bonds. The molecule has 5 aromatic rings. The highest BCUT2D eigenvalue weighted by Gasteiger charge is 2.19. The summed E-state index contributed by atoms with van der Waals surface area (Å²) in [6.45, 7) is 2.07. The lowest BCUT2D eigenvalue weighted by atomic mass is 10.1. The van der Waals surface area contributed by atoms with E-state index >= 15 is 0 Å². The average molecular weight is 532 g/mol. The number of benzene rings is 4. The maximum atomic E-state index is 13.3. The molecule has 0 aliphatic heterocycles. The molecule has 0 unspecified atom stereocenters. The summed E-state index contributed by atoms with van der Waals surface area (Å²) in [5, 5.41) is 4.23. The second kappa shape index (κ2) is 12.0. The Balaban J connectivity index is 1.61. The minimum absolute atomic E-state index is 0.297. The van der Waals surface area contributed by atoms with Crippen molar-refractivity contribution >= 4 is 18.1 Å². The monoisotopic (exact) mass is 531 g/mol. The number of nitrogens with zero attached hydrogens (tertiary/aromatic N) is 2. The van der Waals surface area contributed by atoms with Crippen molar-refractivity contribution in [3.8, 4) is 28.2 Å². The fourth-order valence-corrected chi connectivity index (χ4v) is 4.40. The van der Waals surface area contributed by atoms with Gasteiger partial charge in [-0.2, -0.15) is 5.10 Å². The Bertz CT molecular complexity index is 1640. The van der Waals surface area contributed by atoms with Crippen molar-refractivity contribution in [3.63, 3.8) is 0 Å². The third-order valence-electron chi connectivity index (χ3n) is 6.26. The zero-order valence-corrected chi connectivity index (χ0v) is 21.8. The lowest BCUT2D eigenvalue weighted by Gasteiger charge is -2.15. The number of amides is 1. The number of ether oxygens (including phenoxy) is 1. The van der Waals surface area contributed by atoms with E-state index in [0.717, 1.165) is 33.8 Å². The predicted molar refractivity (Wildman–Crippen MR) is 154 cm³/mol. The van der Waals surface area contributed by atoms with E-state index in [0.29, 0.717) is 17.7 Å². The van der Waals surface area contributed by atoms with Crippen molar-refractivity contribution in [2.24, 2.45) is 5.10 Å². The minimum Gasteiger partial charge on any atom is -0.462 e. The van der Waals surface area contributed by atoms with E-state index in [4.69, 9.17) is 4.74 Å². The Labute approximate surface area is 231 Å². The summed E-state index contributed by atoms with van der Waals surface area (Å²) in [5.74, 6) is -1.25. The molecule has 5 rings (SSSR count). The topological polar surface area (TPSA) is 72.7 Å². The molecular weight excluding hydrogens is 505 g/mol. The Morgan fingerprint density at radius 3 is 2.05 bits per heavy atom. The summed E-state index contributed by atoms with van der Waals surface area (Å²) in [6, 6.07) is 34.3. The summed E-state index contributed by atoms with van der Waals surface area (Å²) in [6.07, 6.45) is 1.60. The molecule has 198 valence electrons. The molecule has 0 atom stereocenters. The van der Waals surface area contributed by atoms with Crippen LogP contribution in [0.15, 0.2) is 120 Å². The number of esters is 1. The second-order valence-corrected chi connectivity index (χ2v) is 8.87. The summed E-state index contributed by atoms with van der Waals surface area (Å²) in [4.78, 5) is 24.8. The van der Waals surface area contributed by atoms with Gasteiger partial charge in [0.2, 0.25) is 0 Å². The summed E-state index contributed by atoms with van der Waals surface area (Å²) < 4.78 is 20.5. The number of rotatable bonds is 8. The minimum atomic E-state index is -0.449. The molecule has 0 saturated carbocycles. The number of carbonyl (C=O) groups excluding carboxylic acids is 2. The molecule has 4 aromatic carbocycles. The van der Waals surface area contributed by atoms with Crippen LogP contribution in [0.3, 0.4) is 0 Å². The molecule has 0 aliphatic rings. The zero-order valence-electron chi connectivity index (χ0n) is 21.8. The highest BCUT2D eigenvalue weighted by atomic mass is 19.1. The van der Waals surface area contributed by atoms with E-state index in [2.05, 4.69) is 15.1 Å². The Kier molecular flexibility index (Phi) is 7.92. The predicted octanol–water partition coefficient (Wildman–Crippen LogP) is 6.89. The quantitative estimate of drug-likeness (QED) is 0.135. The second-order valence-electron chi connectivity index (χ2n) is 8.87. The van der Waals surface area contributed by atoms with E-state index in [-0.39, 0.29) is 5.97 Å². The van der Waals surface area contributed by atoms with Crippen LogP contribution in [0.25, 0.3) is 28.2 Å². The number of halogens is 1. The Morgan fingerprint density at radius 1 is 0.825 bits per heavy atom. The summed E-state index contributed by atoms with van der Waals surface area (Å²) >= 11 is 0. The largest absolute Gasteiger partial charge is 0.462 e. The maximum Gasteiger partial charge on any atom is 0.338 e. The van der Waals surface area contributed by atoms with E-state index in [9.17, 15) is 14.0 Å². The van der Waals surface area contributed by atoms with Crippen molar-refractivity contribution in [1.82, 2.24) is 9.99 Å². The van der Waals surface area contributed by atoms with Gasteiger partial charge in [-0.1, -0.05) is 60.7 Å². The highest BCUT2D eigenvalue weighted by Crippen LogP contribution is 2.35. The van der Waals surface area contributed by atoms with Gasteiger partial charge in [0.25, 0.3) is 5.91 Å². The molecule has 1 N–H and O–H groups in total. The molecule has 0 saturated heterocycles. The molecule has 1 heterocycles. The van der Waals surface area contributed by atoms with Crippen molar-refractivity contribution in [2.75, 3.05) is 6.61 Å². The van der Waals surface area contributed by atoms with Gasteiger partial charge in [0.15, 0.2) is 0 Å². The van der Waals surface area contributed by atoms with Crippen LogP contribution in [0, 0.1) is 5.82 Å². The first kappa shape index (κ1) is 26.3. The smallest absolute Gasteiger partial charge is 0.338 e. The number of hydrazone groups is 1. The number of hydrogen-bond acceptors (Lipinski definition) is 4. The van der Waals surface area contributed by atoms with Gasteiger partial charge >= 0.3 is 5.97 Å². The molecule has 0 spiro atoms. The van der Waals surface area contributed by atoms with E-state index in [1.165, 1.54) is 24.3 Å². The Morgan fingerprint density at radius 2 is 1.43 bits per heavy atom. The van der Waals surface area contributed by atoms with Crippen molar-refractivity contribution < 1.29 is 18.7 Å². The van der Waals surface area contributed by atoms with Crippen LogP contribution in [-0.2, 0) is 4.74 Å². The van der Waals surface area contributed by atoms with Crippen LogP contribution in [0.5, 0.6) is 0 Å². The van der Waals surface area contributed by atoms with Crippen molar-refractivity contribution in [2.45, 2.75) is 6.92 Å². The molecule has 7 heteroatoms. The fraction of sp³-hybridized carbons (Fsp3) is 0.0606. The first-order chi connectivity index (χ1) is 19.5.